The Morgan fingerprint density at radius 3 is 1.32 bits per heavy atom. The monoisotopic (exact) mass is 673 g/mol. The highest BCUT2D eigenvalue weighted by molar-refractivity contribution is 6.12. The highest BCUT2D eigenvalue weighted by Gasteiger charge is 2.23. The van der Waals surface area contributed by atoms with Crippen LogP contribution in [0.4, 0.5) is 5.69 Å². The molecule has 0 aliphatic heterocycles. The van der Waals surface area contributed by atoms with Gasteiger partial charge in [0.25, 0.3) is 0 Å². The van der Waals surface area contributed by atoms with Crippen LogP contribution in [0.1, 0.15) is 5.56 Å². The van der Waals surface area contributed by atoms with Crippen molar-refractivity contribution >= 4 is 27.5 Å². The maximum atomic E-state index is 10.9. The van der Waals surface area contributed by atoms with Crippen LogP contribution in [-0.2, 0) is 0 Å². The molecule has 246 valence electrons. The molecular weight excluding hydrogens is 643 g/mol. The first-order valence-electron chi connectivity index (χ1n) is 17.6. The van der Waals surface area contributed by atoms with Gasteiger partial charge in [-0.3, -0.25) is 0 Å². The van der Waals surface area contributed by atoms with Crippen LogP contribution in [0.15, 0.2) is 188 Å². The van der Waals surface area contributed by atoms with E-state index in [0.717, 1.165) is 77.4 Å². The summed E-state index contributed by atoms with van der Waals surface area (Å²) in [6.07, 6.45) is 0. The summed E-state index contributed by atoms with van der Waals surface area (Å²) < 4.78 is 2.12. The van der Waals surface area contributed by atoms with Gasteiger partial charge in [0.2, 0.25) is 5.69 Å². The molecule has 0 spiro atoms. The van der Waals surface area contributed by atoms with Crippen molar-refractivity contribution < 1.29 is 0 Å². The van der Waals surface area contributed by atoms with Gasteiger partial charge >= 0.3 is 0 Å². The topological polar surface area (TPSA) is 33.1 Å². The summed E-state index contributed by atoms with van der Waals surface area (Å²) in [4.78, 5) is 4.15. The van der Waals surface area contributed by atoms with Gasteiger partial charge in [-0.25, -0.2) is 4.85 Å². The van der Waals surface area contributed by atoms with Crippen LogP contribution in [-0.4, -0.2) is 4.57 Å². The molecule has 1 aromatic heterocycles. The minimum Gasteiger partial charge on any atom is -0.318 e. The van der Waals surface area contributed by atoms with E-state index in [1.807, 2.05) is 60.7 Å². The van der Waals surface area contributed by atoms with Crippen LogP contribution < -0.4 is 0 Å². The Morgan fingerprint density at radius 2 is 0.887 bits per heavy atom. The number of hydrogen-bond donors (Lipinski definition) is 0. The number of benzene rings is 8. The van der Waals surface area contributed by atoms with Gasteiger partial charge in [-0.15, -0.1) is 0 Å². The first-order chi connectivity index (χ1) is 26.2. The SMILES string of the molecule is [C-]#[N+]c1cc(-c2c(-c3ccccc3)cccc2-c2ccccc2)cc(C#N)c1-n1c2ccc(-c3ccccc3)cc2c2cc(-c3ccccc3)ccc21. The second kappa shape index (κ2) is 13.3. The number of nitriles is 1. The zero-order valence-electron chi connectivity index (χ0n) is 28.7. The van der Waals surface area contributed by atoms with Crippen LogP contribution in [0, 0.1) is 17.9 Å². The quantitative estimate of drug-likeness (QED) is 0.162. The number of rotatable bonds is 6. The third-order valence-electron chi connectivity index (χ3n) is 10.1. The molecule has 0 radical (unpaired) electrons. The Hall–Kier alpha value is -7.46. The summed E-state index contributed by atoms with van der Waals surface area (Å²) in [6.45, 7) is 8.56. The number of aromatic nitrogens is 1. The fraction of sp³-hybridized carbons (Fsp3) is 0. The molecule has 0 aliphatic carbocycles. The largest absolute Gasteiger partial charge is 0.318 e. The summed E-state index contributed by atoms with van der Waals surface area (Å²) in [6, 6.07) is 67.1. The molecule has 0 saturated carbocycles. The number of fused-ring (bicyclic) bond motifs is 3. The maximum Gasteiger partial charge on any atom is 0.212 e. The zero-order valence-corrected chi connectivity index (χ0v) is 28.7. The van der Waals surface area contributed by atoms with Gasteiger partial charge in [-0.1, -0.05) is 152 Å². The third kappa shape index (κ3) is 5.55. The van der Waals surface area contributed by atoms with E-state index in [-0.39, 0.29) is 0 Å². The van der Waals surface area contributed by atoms with Gasteiger partial charge in [0, 0.05) is 10.8 Å². The van der Waals surface area contributed by atoms with Crippen molar-refractivity contribution in [3.05, 3.63) is 205 Å². The fourth-order valence-electron chi connectivity index (χ4n) is 7.63. The Labute approximate surface area is 308 Å². The van der Waals surface area contributed by atoms with E-state index in [1.165, 1.54) is 0 Å². The summed E-state index contributed by atoms with van der Waals surface area (Å²) >= 11 is 0. The van der Waals surface area contributed by atoms with E-state index >= 15 is 0 Å². The predicted octanol–water partition coefficient (Wildman–Crippen LogP) is 13.5. The first-order valence-corrected chi connectivity index (χ1v) is 17.6. The molecule has 0 saturated heterocycles. The van der Waals surface area contributed by atoms with Crippen LogP contribution in [0.3, 0.4) is 0 Å². The molecule has 53 heavy (non-hydrogen) atoms. The van der Waals surface area contributed by atoms with E-state index in [4.69, 9.17) is 6.57 Å². The molecule has 0 amide bonds. The molecule has 8 aromatic carbocycles. The number of hydrogen-bond acceptors (Lipinski definition) is 1. The first kappa shape index (κ1) is 31.5. The summed E-state index contributed by atoms with van der Waals surface area (Å²) in [5.74, 6) is 0. The van der Waals surface area contributed by atoms with Crippen LogP contribution in [0.25, 0.3) is 88.0 Å². The summed E-state index contributed by atoms with van der Waals surface area (Å²) in [7, 11) is 0. The van der Waals surface area contributed by atoms with E-state index in [1.54, 1.807) is 0 Å². The molecule has 9 rings (SSSR count). The average molecular weight is 674 g/mol. The van der Waals surface area contributed by atoms with Crippen molar-refractivity contribution in [3.63, 3.8) is 0 Å². The van der Waals surface area contributed by atoms with Gasteiger partial charge in [0.15, 0.2) is 0 Å². The minimum absolute atomic E-state index is 0.416. The molecule has 9 aromatic rings. The second-order valence-electron chi connectivity index (χ2n) is 13.1. The molecule has 3 heteroatoms. The van der Waals surface area contributed by atoms with Crippen LogP contribution >= 0.6 is 0 Å². The van der Waals surface area contributed by atoms with Crippen molar-refractivity contribution in [1.82, 2.24) is 4.57 Å². The van der Waals surface area contributed by atoms with E-state index in [9.17, 15) is 5.26 Å². The Balaban J connectivity index is 1.33. The fourth-order valence-corrected chi connectivity index (χ4v) is 7.63. The van der Waals surface area contributed by atoms with Gasteiger partial charge in [-0.2, -0.15) is 5.26 Å². The van der Waals surface area contributed by atoms with E-state index in [2.05, 4.69) is 143 Å². The highest BCUT2D eigenvalue weighted by atomic mass is 15.0. The predicted molar refractivity (Wildman–Crippen MR) is 219 cm³/mol. The molecule has 3 nitrogen and oxygen atoms in total. The van der Waals surface area contributed by atoms with Crippen LogP contribution in [0.2, 0.25) is 0 Å². The Bertz CT molecular complexity index is 2690. The van der Waals surface area contributed by atoms with E-state index in [0.29, 0.717) is 16.9 Å². The lowest BCUT2D eigenvalue weighted by Crippen LogP contribution is -2.00. The molecule has 0 N–H and O–H groups in total. The lowest BCUT2D eigenvalue weighted by atomic mass is 9.86. The molecule has 0 aliphatic rings. The van der Waals surface area contributed by atoms with Crippen molar-refractivity contribution in [2.24, 2.45) is 0 Å². The van der Waals surface area contributed by atoms with Crippen molar-refractivity contribution in [2.45, 2.75) is 0 Å². The zero-order chi connectivity index (χ0) is 35.7. The summed E-state index contributed by atoms with van der Waals surface area (Å²) in [5, 5.41) is 13.1. The molecular formula is C50H31N3. The smallest absolute Gasteiger partial charge is 0.212 e. The van der Waals surface area contributed by atoms with Gasteiger partial charge in [-0.05, 0) is 92.0 Å². The lowest BCUT2D eigenvalue weighted by molar-refractivity contribution is 1.17. The van der Waals surface area contributed by atoms with Gasteiger partial charge in [0.05, 0.1) is 34.9 Å². The van der Waals surface area contributed by atoms with Gasteiger partial charge in [0.1, 0.15) is 0 Å². The van der Waals surface area contributed by atoms with Crippen LogP contribution in [0.5, 0.6) is 0 Å². The number of nitrogens with zero attached hydrogens (tertiary/aromatic N) is 3. The summed E-state index contributed by atoms with van der Waals surface area (Å²) in [5.41, 5.74) is 13.8. The van der Waals surface area contributed by atoms with E-state index < -0.39 is 0 Å². The lowest BCUT2D eigenvalue weighted by Gasteiger charge is -2.19. The Kier molecular flexibility index (Phi) is 7.94. The third-order valence-corrected chi connectivity index (χ3v) is 10.1. The van der Waals surface area contributed by atoms with Crippen molar-refractivity contribution in [3.8, 4) is 67.4 Å². The Morgan fingerprint density at radius 1 is 0.434 bits per heavy atom. The highest BCUT2D eigenvalue weighted by Crippen LogP contribution is 2.45. The molecule has 0 fully saturated rings. The average Bonchev–Trinajstić information content (AvgIpc) is 3.56. The molecule has 0 atom stereocenters. The normalized spacial score (nSPS) is 11.0. The van der Waals surface area contributed by atoms with Gasteiger partial charge < -0.3 is 4.57 Å². The molecule has 1 heterocycles. The maximum absolute atomic E-state index is 10.9. The minimum atomic E-state index is 0.416. The standard InChI is InChI=1S/C50H31N3/c1-52-46-32-40(49-42(36-19-10-4-11-20-36)23-14-24-43(49)37-21-12-5-13-22-37)29-41(33-51)50(46)53-47-27-25-38(34-15-6-2-7-16-34)30-44(47)45-31-39(26-28-48(45)53)35-17-8-3-9-18-35/h2-32H. The second-order valence-corrected chi connectivity index (χ2v) is 13.1. The van der Waals surface area contributed by atoms with Crippen molar-refractivity contribution in [2.75, 3.05) is 0 Å². The molecule has 0 unspecified atom stereocenters. The molecule has 0 bridgehead atoms. The van der Waals surface area contributed by atoms with Crippen molar-refractivity contribution in [1.29, 1.82) is 5.26 Å².